The molecule has 1 unspecified atom stereocenters. The lowest BCUT2D eigenvalue weighted by Crippen LogP contribution is -2.45. The van der Waals surface area contributed by atoms with E-state index < -0.39 is 12.0 Å². The molecule has 0 fully saturated rings. The average Bonchev–Trinajstić information content (AvgIpc) is 3.00. The molecule has 1 heterocycles. The van der Waals surface area contributed by atoms with Crippen LogP contribution >= 0.6 is 0 Å². The van der Waals surface area contributed by atoms with E-state index in [0.29, 0.717) is 26.2 Å². The number of rotatable bonds is 8. The van der Waals surface area contributed by atoms with Gasteiger partial charge in [0.25, 0.3) is 0 Å². The number of hydrogen-bond donors (Lipinski definition) is 2. The summed E-state index contributed by atoms with van der Waals surface area (Å²) in [7, 11) is 0. The molecule has 1 aliphatic heterocycles. The van der Waals surface area contributed by atoms with Crippen molar-refractivity contribution in [3.63, 3.8) is 0 Å². The number of carboxylic acid groups (broad SMARTS) is 1. The van der Waals surface area contributed by atoms with Gasteiger partial charge in [0.15, 0.2) is 0 Å². The first-order chi connectivity index (χ1) is 11.9. The second-order valence-electron chi connectivity index (χ2n) is 6.21. The third-order valence-electron chi connectivity index (χ3n) is 4.48. The van der Waals surface area contributed by atoms with E-state index in [9.17, 15) is 19.5 Å². The summed E-state index contributed by atoms with van der Waals surface area (Å²) in [5.41, 5.74) is 2.11. The van der Waals surface area contributed by atoms with Crippen LogP contribution in [0.3, 0.4) is 0 Å². The Hall–Kier alpha value is -2.41. The highest BCUT2D eigenvalue weighted by atomic mass is 16.4. The summed E-state index contributed by atoms with van der Waals surface area (Å²) >= 11 is 0. The zero-order chi connectivity index (χ0) is 18.4. The van der Waals surface area contributed by atoms with Crippen LogP contribution in [-0.2, 0) is 20.8 Å². The molecule has 0 aliphatic carbocycles. The second kappa shape index (κ2) is 8.62. The third-order valence-corrected chi connectivity index (χ3v) is 4.48. The molecule has 2 amide bonds. The largest absolute Gasteiger partial charge is 0.480 e. The fraction of sp³-hybridized carbons (Fsp3) is 0.500. The molecule has 0 saturated heterocycles. The van der Waals surface area contributed by atoms with Crippen LogP contribution in [0.25, 0.3) is 0 Å². The summed E-state index contributed by atoms with van der Waals surface area (Å²) < 4.78 is 0. The fourth-order valence-electron chi connectivity index (χ4n) is 3.00. The molecule has 7 nitrogen and oxygen atoms in total. The molecule has 2 N–H and O–H groups in total. The molecule has 0 spiro atoms. The zero-order valence-electron chi connectivity index (χ0n) is 14.7. The Labute approximate surface area is 147 Å². The van der Waals surface area contributed by atoms with Gasteiger partial charge >= 0.3 is 5.97 Å². The van der Waals surface area contributed by atoms with Gasteiger partial charge in [0.05, 0.1) is 0 Å². The maximum atomic E-state index is 12.6. The van der Waals surface area contributed by atoms with Crippen LogP contribution in [-0.4, -0.2) is 60.0 Å². The Bertz CT molecular complexity index is 647. The number of benzene rings is 1. The van der Waals surface area contributed by atoms with Crippen molar-refractivity contribution in [2.24, 2.45) is 0 Å². The van der Waals surface area contributed by atoms with Gasteiger partial charge in [-0.25, -0.2) is 0 Å². The SMILES string of the molecule is CC(=O)NCCN(CCC(=O)N1CCc2ccccc21)C(C)C(=O)O. The molecule has 1 aromatic rings. The first-order valence-electron chi connectivity index (χ1n) is 8.49. The number of amides is 2. The Kier molecular flexibility index (Phi) is 6.52. The van der Waals surface area contributed by atoms with Gasteiger partial charge in [-0.3, -0.25) is 19.3 Å². The van der Waals surface area contributed by atoms with Gasteiger partial charge in [-0.05, 0) is 25.0 Å². The number of hydrogen-bond acceptors (Lipinski definition) is 4. The van der Waals surface area contributed by atoms with Gasteiger partial charge in [-0.15, -0.1) is 0 Å². The van der Waals surface area contributed by atoms with Crippen LogP contribution in [0.5, 0.6) is 0 Å². The van der Waals surface area contributed by atoms with E-state index in [0.717, 1.165) is 17.7 Å². The quantitative estimate of drug-likeness (QED) is 0.728. The minimum absolute atomic E-state index is 0.00735. The number of nitrogens with one attached hydrogen (secondary N) is 1. The lowest BCUT2D eigenvalue weighted by atomic mass is 10.2. The zero-order valence-corrected chi connectivity index (χ0v) is 14.7. The van der Waals surface area contributed by atoms with Crippen LogP contribution in [0.1, 0.15) is 25.8 Å². The van der Waals surface area contributed by atoms with Crippen LogP contribution < -0.4 is 10.2 Å². The van der Waals surface area contributed by atoms with Gasteiger partial charge < -0.3 is 15.3 Å². The van der Waals surface area contributed by atoms with Gasteiger partial charge in [0, 0.05) is 45.2 Å². The predicted octanol–water partition coefficient (Wildman–Crippen LogP) is 0.877. The molecular formula is C18H25N3O4. The van der Waals surface area contributed by atoms with Crippen LogP contribution in [0.15, 0.2) is 24.3 Å². The van der Waals surface area contributed by atoms with Crippen molar-refractivity contribution in [2.75, 3.05) is 31.1 Å². The number of carbonyl (C=O) groups excluding carboxylic acids is 2. The Morgan fingerprint density at radius 1 is 1.28 bits per heavy atom. The van der Waals surface area contributed by atoms with Gasteiger partial charge in [0.2, 0.25) is 11.8 Å². The number of para-hydroxylation sites is 1. The highest BCUT2D eigenvalue weighted by Gasteiger charge is 2.26. The summed E-state index contributed by atoms with van der Waals surface area (Å²) in [6.45, 7) is 4.75. The van der Waals surface area contributed by atoms with Gasteiger partial charge in [-0.1, -0.05) is 18.2 Å². The molecule has 0 bridgehead atoms. The Balaban J connectivity index is 1.94. The standard InChI is InChI=1S/C18H25N3O4/c1-13(18(24)25)20(12-9-19-14(2)22)10-8-17(23)21-11-7-15-5-3-4-6-16(15)21/h3-6,13H,7-12H2,1-2H3,(H,19,22)(H,24,25). The molecule has 0 saturated carbocycles. The van der Waals surface area contributed by atoms with E-state index in [-0.39, 0.29) is 18.2 Å². The number of aliphatic carboxylic acids is 1. The van der Waals surface area contributed by atoms with Crippen LogP contribution in [0.4, 0.5) is 5.69 Å². The molecule has 1 aliphatic rings. The lowest BCUT2D eigenvalue weighted by Gasteiger charge is -2.27. The monoisotopic (exact) mass is 347 g/mol. The van der Waals surface area contributed by atoms with Crippen LogP contribution in [0.2, 0.25) is 0 Å². The molecular weight excluding hydrogens is 322 g/mol. The highest BCUT2D eigenvalue weighted by Crippen LogP contribution is 2.27. The van der Waals surface area contributed by atoms with Crippen molar-refractivity contribution < 1.29 is 19.5 Å². The molecule has 136 valence electrons. The average molecular weight is 347 g/mol. The molecule has 2 rings (SSSR count). The summed E-state index contributed by atoms with van der Waals surface area (Å²) in [6.07, 6.45) is 1.09. The van der Waals surface area contributed by atoms with E-state index in [2.05, 4.69) is 5.32 Å². The predicted molar refractivity (Wildman–Crippen MR) is 94.5 cm³/mol. The van der Waals surface area contributed by atoms with Crippen molar-refractivity contribution in [1.82, 2.24) is 10.2 Å². The molecule has 1 atom stereocenters. The molecule has 1 aromatic carbocycles. The molecule has 0 aromatic heterocycles. The van der Waals surface area contributed by atoms with E-state index >= 15 is 0 Å². The van der Waals surface area contributed by atoms with E-state index in [1.54, 1.807) is 16.7 Å². The number of carboxylic acids is 1. The Morgan fingerprint density at radius 2 is 2.00 bits per heavy atom. The highest BCUT2D eigenvalue weighted by molar-refractivity contribution is 5.95. The first-order valence-corrected chi connectivity index (χ1v) is 8.49. The molecule has 7 heteroatoms. The van der Waals surface area contributed by atoms with Gasteiger partial charge in [-0.2, -0.15) is 0 Å². The second-order valence-corrected chi connectivity index (χ2v) is 6.21. The summed E-state index contributed by atoms with van der Waals surface area (Å²) in [5.74, 6) is -1.11. The normalized spacial score (nSPS) is 14.3. The number of anilines is 1. The van der Waals surface area contributed by atoms with Crippen molar-refractivity contribution in [3.05, 3.63) is 29.8 Å². The summed E-state index contributed by atoms with van der Waals surface area (Å²) in [4.78, 5) is 38.3. The Morgan fingerprint density at radius 3 is 2.68 bits per heavy atom. The van der Waals surface area contributed by atoms with E-state index in [1.165, 1.54) is 6.92 Å². The number of nitrogens with zero attached hydrogens (tertiary/aromatic N) is 2. The minimum atomic E-state index is -0.943. The van der Waals surface area contributed by atoms with E-state index in [4.69, 9.17) is 0 Å². The maximum Gasteiger partial charge on any atom is 0.320 e. The smallest absolute Gasteiger partial charge is 0.320 e. The lowest BCUT2D eigenvalue weighted by molar-refractivity contribution is -0.143. The maximum absolute atomic E-state index is 12.6. The van der Waals surface area contributed by atoms with Crippen molar-refractivity contribution in [1.29, 1.82) is 0 Å². The van der Waals surface area contributed by atoms with Crippen molar-refractivity contribution in [2.45, 2.75) is 32.7 Å². The van der Waals surface area contributed by atoms with Crippen molar-refractivity contribution in [3.8, 4) is 0 Å². The number of carbonyl (C=O) groups is 3. The first kappa shape index (κ1) is 18.9. The fourth-order valence-corrected chi connectivity index (χ4v) is 3.00. The van der Waals surface area contributed by atoms with Crippen molar-refractivity contribution >= 4 is 23.5 Å². The third kappa shape index (κ3) is 5.03. The number of fused-ring (bicyclic) bond motifs is 1. The minimum Gasteiger partial charge on any atom is -0.480 e. The van der Waals surface area contributed by atoms with E-state index in [1.807, 2.05) is 24.3 Å². The summed E-state index contributed by atoms with van der Waals surface area (Å²) in [6, 6.07) is 7.12. The van der Waals surface area contributed by atoms with Crippen LogP contribution in [0, 0.1) is 0 Å². The molecule has 25 heavy (non-hydrogen) atoms. The summed E-state index contributed by atoms with van der Waals surface area (Å²) in [5, 5.41) is 11.9. The topological polar surface area (TPSA) is 90.0 Å². The van der Waals surface area contributed by atoms with Gasteiger partial charge in [0.1, 0.15) is 6.04 Å². The molecule has 0 radical (unpaired) electrons.